The van der Waals surface area contributed by atoms with Gasteiger partial charge in [0.25, 0.3) is 0 Å². The topological polar surface area (TPSA) is 89.0 Å². The van der Waals surface area contributed by atoms with E-state index >= 15 is 0 Å². The van der Waals surface area contributed by atoms with Crippen molar-refractivity contribution in [3.8, 4) is 17.0 Å². The first kappa shape index (κ1) is 22.3. The number of anilines is 3. The number of rotatable bonds is 9. The number of aromatic nitrogens is 3. The molecule has 0 unspecified atom stereocenters. The van der Waals surface area contributed by atoms with Crippen LogP contribution in [0, 0.1) is 0 Å². The number of para-hydroxylation sites is 2. The van der Waals surface area contributed by atoms with E-state index in [1.165, 1.54) is 34.4 Å². The number of thioether (sulfide) groups is 1. The fourth-order valence-corrected chi connectivity index (χ4v) is 5.39. The lowest BCUT2D eigenvalue weighted by atomic mass is 10.2. The summed E-state index contributed by atoms with van der Waals surface area (Å²) in [6.45, 7) is 4.36. The van der Waals surface area contributed by atoms with Crippen molar-refractivity contribution in [2.24, 2.45) is 0 Å². The van der Waals surface area contributed by atoms with E-state index in [1.807, 2.05) is 73.8 Å². The molecule has 1 atom stereocenters. The summed E-state index contributed by atoms with van der Waals surface area (Å²) in [4.78, 5) is 17.2. The second-order valence-corrected chi connectivity index (χ2v) is 10.0. The fourth-order valence-electron chi connectivity index (χ4n) is 2.76. The van der Waals surface area contributed by atoms with Gasteiger partial charge in [-0.3, -0.25) is 4.79 Å². The van der Waals surface area contributed by atoms with E-state index in [0.717, 1.165) is 22.7 Å². The van der Waals surface area contributed by atoms with Crippen LogP contribution in [0.3, 0.4) is 0 Å². The number of nitrogens with zero attached hydrogens (tertiary/aromatic N) is 3. The maximum absolute atomic E-state index is 12.6. The maximum Gasteiger partial charge on any atom is 0.239 e. The van der Waals surface area contributed by atoms with Crippen molar-refractivity contribution in [1.82, 2.24) is 15.2 Å². The van der Waals surface area contributed by atoms with Gasteiger partial charge in [0, 0.05) is 10.9 Å². The molecular formula is C22H21N5O2S3. The van der Waals surface area contributed by atoms with Crippen molar-refractivity contribution in [2.45, 2.75) is 23.4 Å². The van der Waals surface area contributed by atoms with Crippen LogP contribution < -0.4 is 15.4 Å². The summed E-state index contributed by atoms with van der Waals surface area (Å²) in [5.74, 6) is 0.626. The zero-order valence-electron chi connectivity index (χ0n) is 17.4. The molecule has 2 aromatic heterocycles. The Morgan fingerprint density at radius 3 is 2.69 bits per heavy atom. The van der Waals surface area contributed by atoms with Gasteiger partial charge >= 0.3 is 0 Å². The molecule has 0 radical (unpaired) electrons. The molecule has 4 rings (SSSR count). The van der Waals surface area contributed by atoms with Crippen LogP contribution in [0.1, 0.15) is 13.8 Å². The Bertz CT molecular complexity index is 1180. The molecule has 164 valence electrons. The fraction of sp³-hybridized carbons (Fsp3) is 0.182. The van der Waals surface area contributed by atoms with Crippen molar-refractivity contribution >= 4 is 56.3 Å². The van der Waals surface area contributed by atoms with E-state index in [0.29, 0.717) is 21.2 Å². The van der Waals surface area contributed by atoms with E-state index in [9.17, 15) is 4.79 Å². The summed E-state index contributed by atoms with van der Waals surface area (Å²) in [5.41, 5.74) is 2.69. The molecule has 2 aromatic carbocycles. The van der Waals surface area contributed by atoms with Crippen molar-refractivity contribution < 1.29 is 9.53 Å². The van der Waals surface area contributed by atoms with Crippen LogP contribution in [0.4, 0.5) is 16.0 Å². The average molecular weight is 484 g/mol. The van der Waals surface area contributed by atoms with Crippen LogP contribution in [-0.4, -0.2) is 32.9 Å². The molecule has 0 aliphatic heterocycles. The van der Waals surface area contributed by atoms with E-state index in [1.54, 1.807) is 0 Å². The Labute approximate surface area is 198 Å². The van der Waals surface area contributed by atoms with Crippen LogP contribution in [0.2, 0.25) is 0 Å². The van der Waals surface area contributed by atoms with Gasteiger partial charge in [-0.1, -0.05) is 65.6 Å². The first-order chi connectivity index (χ1) is 15.6. The molecular weight excluding hydrogens is 462 g/mol. The molecule has 2 heterocycles. The minimum atomic E-state index is -0.351. The van der Waals surface area contributed by atoms with E-state index in [4.69, 9.17) is 4.74 Å². The van der Waals surface area contributed by atoms with Crippen molar-refractivity contribution in [1.29, 1.82) is 0 Å². The Balaban J connectivity index is 1.34. The highest BCUT2D eigenvalue weighted by molar-refractivity contribution is 8.02. The lowest BCUT2D eigenvalue weighted by Crippen LogP contribution is -2.22. The Hall–Kier alpha value is -2.95. The first-order valence-corrected chi connectivity index (χ1v) is 12.5. The molecule has 0 fully saturated rings. The highest BCUT2D eigenvalue weighted by Crippen LogP contribution is 2.33. The molecule has 0 spiro atoms. The summed E-state index contributed by atoms with van der Waals surface area (Å²) < 4.78 is 6.33. The minimum Gasteiger partial charge on any atom is -0.492 e. The van der Waals surface area contributed by atoms with Gasteiger partial charge in [0.1, 0.15) is 5.75 Å². The molecule has 7 nitrogen and oxygen atoms in total. The quantitative estimate of drug-likeness (QED) is 0.286. The highest BCUT2D eigenvalue weighted by Gasteiger charge is 2.19. The molecule has 10 heteroatoms. The normalized spacial score (nSPS) is 11.7. The number of hydrogen-bond acceptors (Lipinski definition) is 9. The average Bonchev–Trinajstić information content (AvgIpc) is 3.45. The Morgan fingerprint density at radius 1 is 1.09 bits per heavy atom. The molecule has 1 amide bonds. The van der Waals surface area contributed by atoms with Crippen molar-refractivity contribution in [2.75, 3.05) is 17.2 Å². The third-order valence-corrected chi connectivity index (χ3v) is 7.07. The smallest absolute Gasteiger partial charge is 0.239 e. The van der Waals surface area contributed by atoms with Gasteiger partial charge in [0.2, 0.25) is 11.0 Å². The Morgan fingerprint density at radius 2 is 1.88 bits per heavy atom. The number of nitrogens with one attached hydrogen (secondary N) is 2. The largest absolute Gasteiger partial charge is 0.492 e. The number of amides is 1. The van der Waals surface area contributed by atoms with Crippen LogP contribution in [0.15, 0.2) is 64.3 Å². The number of ether oxygens (including phenoxy) is 1. The van der Waals surface area contributed by atoms with Gasteiger partial charge in [-0.15, -0.1) is 21.5 Å². The predicted molar refractivity (Wildman–Crippen MR) is 132 cm³/mol. The van der Waals surface area contributed by atoms with E-state index < -0.39 is 0 Å². The second-order valence-electron chi connectivity index (χ2n) is 6.58. The van der Waals surface area contributed by atoms with Gasteiger partial charge < -0.3 is 15.4 Å². The van der Waals surface area contributed by atoms with Crippen LogP contribution in [0.25, 0.3) is 11.3 Å². The zero-order chi connectivity index (χ0) is 22.3. The van der Waals surface area contributed by atoms with Gasteiger partial charge in [-0.05, 0) is 26.0 Å². The predicted octanol–water partition coefficient (Wildman–Crippen LogP) is 5.92. The molecule has 0 aliphatic rings. The van der Waals surface area contributed by atoms with E-state index in [-0.39, 0.29) is 11.2 Å². The summed E-state index contributed by atoms with van der Waals surface area (Å²) >= 11 is 4.15. The lowest BCUT2D eigenvalue weighted by Gasteiger charge is -2.09. The summed E-state index contributed by atoms with van der Waals surface area (Å²) in [5, 5.41) is 17.3. The standard InChI is InChI=1S/C22H21N5O2S3/c1-3-29-18-12-8-7-11-16(18)23-21-26-27-22(32-21)31-14(2)19(28)25-20-24-17(13-30-20)15-9-5-4-6-10-15/h4-14H,3H2,1-2H3,(H,23,26)(H,24,25,28)/t14-/m0/s1. The first-order valence-electron chi connectivity index (χ1n) is 9.93. The number of hydrogen-bond donors (Lipinski definition) is 2. The minimum absolute atomic E-state index is 0.129. The third-order valence-electron chi connectivity index (χ3n) is 4.29. The molecule has 0 bridgehead atoms. The molecule has 0 saturated heterocycles. The summed E-state index contributed by atoms with van der Waals surface area (Å²) in [7, 11) is 0. The lowest BCUT2D eigenvalue weighted by molar-refractivity contribution is -0.115. The van der Waals surface area contributed by atoms with Gasteiger partial charge in [0.05, 0.1) is 23.2 Å². The molecule has 0 aliphatic carbocycles. The third kappa shape index (κ3) is 5.64. The van der Waals surface area contributed by atoms with Gasteiger partial charge in [0.15, 0.2) is 9.47 Å². The second kappa shape index (κ2) is 10.6. The zero-order valence-corrected chi connectivity index (χ0v) is 19.9. The molecule has 32 heavy (non-hydrogen) atoms. The monoisotopic (exact) mass is 483 g/mol. The van der Waals surface area contributed by atoms with Crippen LogP contribution in [0.5, 0.6) is 5.75 Å². The number of thiazole rings is 1. The molecule has 4 aromatic rings. The van der Waals surface area contributed by atoms with E-state index in [2.05, 4.69) is 25.8 Å². The maximum atomic E-state index is 12.6. The molecule has 2 N–H and O–H groups in total. The van der Waals surface area contributed by atoms with Crippen molar-refractivity contribution in [3.05, 3.63) is 60.0 Å². The summed E-state index contributed by atoms with van der Waals surface area (Å²) in [6.07, 6.45) is 0. The van der Waals surface area contributed by atoms with Gasteiger partial charge in [-0.25, -0.2) is 4.98 Å². The van der Waals surface area contributed by atoms with Gasteiger partial charge in [-0.2, -0.15) is 0 Å². The van der Waals surface area contributed by atoms with Crippen LogP contribution in [-0.2, 0) is 4.79 Å². The summed E-state index contributed by atoms with van der Waals surface area (Å²) in [6, 6.07) is 17.5. The molecule has 0 saturated carbocycles. The number of benzene rings is 2. The highest BCUT2D eigenvalue weighted by atomic mass is 32.2. The number of carbonyl (C=O) groups excluding carboxylic acids is 1. The van der Waals surface area contributed by atoms with Crippen LogP contribution >= 0.6 is 34.4 Å². The SMILES string of the molecule is CCOc1ccccc1Nc1nnc(S[C@@H](C)C(=O)Nc2nc(-c3ccccc3)cs2)s1. The number of carbonyl (C=O) groups is 1. The Kier molecular flexibility index (Phi) is 7.35. The van der Waals surface area contributed by atoms with Crippen molar-refractivity contribution in [3.63, 3.8) is 0 Å².